The highest BCUT2D eigenvalue weighted by atomic mass is 79.9. The van der Waals surface area contributed by atoms with Crippen molar-refractivity contribution in [3.05, 3.63) is 56.5 Å². The molecule has 0 aliphatic rings. The zero-order chi connectivity index (χ0) is 15.4. The largest absolute Gasteiger partial charge is 0.508 e. The van der Waals surface area contributed by atoms with Crippen LogP contribution in [-0.2, 0) is 0 Å². The van der Waals surface area contributed by atoms with Gasteiger partial charge in [-0.2, -0.15) is 5.10 Å². The first-order valence-electron chi connectivity index (χ1n) is 5.78. The van der Waals surface area contributed by atoms with Crippen molar-refractivity contribution in [1.29, 1.82) is 0 Å². The first-order chi connectivity index (χ1) is 9.97. The molecule has 0 aromatic heterocycles. The summed E-state index contributed by atoms with van der Waals surface area (Å²) in [6.07, 6.45) is 1.34. The topological polar surface area (TPSA) is 81.9 Å². The third kappa shape index (κ3) is 4.05. The summed E-state index contributed by atoms with van der Waals surface area (Å²) < 4.78 is 1.28. The van der Waals surface area contributed by atoms with Gasteiger partial charge in [0.2, 0.25) is 0 Å². The second-order valence-corrected chi connectivity index (χ2v) is 5.84. The second-order valence-electron chi connectivity index (χ2n) is 4.07. The predicted octanol–water partition coefficient (Wildman–Crippen LogP) is 3.39. The Morgan fingerprint density at radius 2 is 1.81 bits per heavy atom. The number of nitrogens with zero attached hydrogens (tertiary/aromatic N) is 1. The van der Waals surface area contributed by atoms with Gasteiger partial charge in [-0.05, 0) is 52.3 Å². The van der Waals surface area contributed by atoms with Crippen LogP contribution in [0.4, 0.5) is 0 Å². The van der Waals surface area contributed by atoms with E-state index in [9.17, 15) is 9.90 Å². The lowest BCUT2D eigenvalue weighted by Crippen LogP contribution is -2.17. The van der Waals surface area contributed by atoms with Crippen molar-refractivity contribution >= 4 is 44.0 Å². The number of phenolic OH excluding ortho intramolecular Hbond substituents is 2. The van der Waals surface area contributed by atoms with E-state index in [4.69, 9.17) is 5.11 Å². The number of hydrazone groups is 1. The van der Waals surface area contributed by atoms with Gasteiger partial charge in [-0.15, -0.1) is 0 Å². The molecule has 0 spiro atoms. The average Bonchev–Trinajstić information content (AvgIpc) is 2.44. The molecule has 2 rings (SSSR count). The molecule has 0 radical (unpaired) electrons. The van der Waals surface area contributed by atoms with Crippen LogP contribution in [-0.4, -0.2) is 22.3 Å². The number of phenols is 2. The SMILES string of the molecule is O=C(N/N=C/c1cc(Br)cc(Br)c1O)c1ccc(O)cc1. The Labute approximate surface area is 137 Å². The van der Waals surface area contributed by atoms with Crippen molar-refractivity contribution < 1.29 is 15.0 Å². The zero-order valence-electron chi connectivity index (χ0n) is 10.5. The van der Waals surface area contributed by atoms with Gasteiger partial charge in [-0.3, -0.25) is 4.79 Å². The zero-order valence-corrected chi connectivity index (χ0v) is 13.7. The van der Waals surface area contributed by atoms with E-state index in [1.165, 1.54) is 30.5 Å². The lowest BCUT2D eigenvalue weighted by molar-refractivity contribution is 0.0955. The Morgan fingerprint density at radius 1 is 1.14 bits per heavy atom. The molecule has 0 heterocycles. The highest BCUT2D eigenvalue weighted by molar-refractivity contribution is 9.11. The molecule has 0 atom stereocenters. The van der Waals surface area contributed by atoms with Crippen LogP contribution in [0, 0.1) is 0 Å². The lowest BCUT2D eigenvalue weighted by Gasteiger charge is -2.03. The van der Waals surface area contributed by atoms with E-state index >= 15 is 0 Å². The molecule has 0 bridgehead atoms. The molecule has 0 unspecified atom stereocenters. The lowest BCUT2D eigenvalue weighted by atomic mass is 10.2. The Morgan fingerprint density at radius 3 is 2.48 bits per heavy atom. The molecule has 21 heavy (non-hydrogen) atoms. The Hall–Kier alpha value is -1.86. The van der Waals surface area contributed by atoms with Gasteiger partial charge in [0, 0.05) is 15.6 Å². The molecular weight excluding hydrogens is 404 g/mol. The molecule has 108 valence electrons. The molecule has 0 fully saturated rings. The van der Waals surface area contributed by atoms with Crippen molar-refractivity contribution in [2.45, 2.75) is 0 Å². The summed E-state index contributed by atoms with van der Waals surface area (Å²) in [6.45, 7) is 0. The maximum absolute atomic E-state index is 11.8. The molecule has 7 heteroatoms. The van der Waals surface area contributed by atoms with Crippen LogP contribution in [0.3, 0.4) is 0 Å². The third-order valence-corrected chi connectivity index (χ3v) is 3.62. The summed E-state index contributed by atoms with van der Waals surface area (Å²) in [5.41, 5.74) is 3.15. The Balaban J connectivity index is 2.09. The minimum Gasteiger partial charge on any atom is -0.508 e. The minimum atomic E-state index is -0.417. The number of hydrogen-bond donors (Lipinski definition) is 3. The van der Waals surface area contributed by atoms with E-state index in [1.54, 1.807) is 12.1 Å². The molecular formula is C14H10Br2N2O3. The first-order valence-corrected chi connectivity index (χ1v) is 7.36. The third-order valence-electron chi connectivity index (χ3n) is 2.56. The van der Waals surface area contributed by atoms with Crippen LogP contribution in [0.15, 0.2) is 50.4 Å². The molecule has 0 saturated carbocycles. The summed E-state index contributed by atoms with van der Waals surface area (Å²) in [7, 11) is 0. The van der Waals surface area contributed by atoms with Gasteiger partial charge in [-0.1, -0.05) is 15.9 Å². The molecule has 0 saturated heterocycles. The van der Waals surface area contributed by atoms with Crippen LogP contribution in [0.25, 0.3) is 0 Å². The molecule has 0 aliphatic carbocycles. The Kier molecular flexibility index (Phi) is 4.98. The number of rotatable bonds is 3. The fourth-order valence-corrected chi connectivity index (χ4v) is 2.78. The highest BCUT2D eigenvalue weighted by Gasteiger charge is 2.06. The summed E-state index contributed by atoms with van der Waals surface area (Å²) in [4.78, 5) is 11.8. The van der Waals surface area contributed by atoms with Gasteiger partial charge in [0.05, 0.1) is 10.7 Å². The standard InChI is InChI=1S/C14H10Br2N2O3/c15-10-5-9(13(20)12(16)6-10)7-17-18-14(21)8-1-3-11(19)4-2-8/h1-7,19-20H,(H,18,21)/b17-7+. The quantitative estimate of drug-likeness (QED) is 0.532. The van der Waals surface area contributed by atoms with Crippen LogP contribution in [0.1, 0.15) is 15.9 Å². The van der Waals surface area contributed by atoms with Gasteiger partial charge in [0.15, 0.2) is 0 Å². The number of halogens is 2. The maximum atomic E-state index is 11.8. The second kappa shape index (κ2) is 6.73. The summed E-state index contributed by atoms with van der Waals surface area (Å²) in [5.74, 6) is -0.306. The van der Waals surface area contributed by atoms with E-state index in [0.29, 0.717) is 15.6 Å². The molecule has 5 nitrogen and oxygen atoms in total. The number of aromatic hydroxyl groups is 2. The number of carbonyl (C=O) groups is 1. The number of benzene rings is 2. The smallest absolute Gasteiger partial charge is 0.271 e. The fraction of sp³-hybridized carbons (Fsp3) is 0. The number of amides is 1. The van der Waals surface area contributed by atoms with Crippen molar-refractivity contribution in [2.75, 3.05) is 0 Å². The van der Waals surface area contributed by atoms with Crippen LogP contribution < -0.4 is 5.43 Å². The van der Waals surface area contributed by atoms with Gasteiger partial charge < -0.3 is 10.2 Å². The van der Waals surface area contributed by atoms with E-state index in [0.717, 1.165) is 4.47 Å². The van der Waals surface area contributed by atoms with E-state index in [2.05, 4.69) is 42.4 Å². The van der Waals surface area contributed by atoms with Gasteiger partial charge >= 0.3 is 0 Å². The molecule has 2 aromatic rings. The molecule has 2 aromatic carbocycles. The van der Waals surface area contributed by atoms with Crippen LogP contribution >= 0.6 is 31.9 Å². The number of carbonyl (C=O) groups excluding carboxylic acids is 1. The average molecular weight is 414 g/mol. The monoisotopic (exact) mass is 412 g/mol. The minimum absolute atomic E-state index is 0.0285. The van der Waals surface area contributed by atoms with Crippen molar-refractivity contribution in [3.8, 4) is 11.5 Å². The summed E-state index contributed by atoms with van der Waals surface area (Å²) in [6, 6.07) is 9.14. The normalized spacial score (nSPS) is 10.8. The Bertz CT molecular complexity index is 700. The van der Waals surface area contributed by atoms with Gasteiger partial charge in [0.25, 0.3) is 5.91 Å². The van der Waals surface area contributed by atoms with Crippen LogP contribution in [0.2, 0.25) is 0 Å². The number of nitrogens with one attached hydrogen (secondary N) is 1. The predicted molar refractivity (Wildman–Crippen MR) is 86.7 cm³/mol. The van der Waals surface area contributed by atoms with E-state index in [-0.39, 0.29) is 11.5 Å². The van der Waals surface area contributed by atoms with E-state index < -0.39 is 5.91 Å². The van der Waals surface area contributed by atoms with Crippen molar-refractivity contribution in [3.63, 3.8) is 0 Å². The van der Waals surface area contributed by atoms with Gasteiger partial charge in [-0.25, -0.2) is 5.43 Å². The van der Waals surface area contributed by atoms with Gasteiger partial charge in [0.1, 0.15) is 11.5 Å². The van der Waals surface area contributed by atoms with Crippen LogP contribution in [0.5, 0.6) is 11.5 Å². The summed E-state index contributed by atoms with van der Waals surface area (Å²) in [5, 5.41) is 22.8. The summed E-state index contributed by atoms with van der Waals surface area (Å²) >= 11 is 6.51. The molecule has 1 amide bonds. The maximum Gasteiger partial charge on any atom is 0.271 e. The van der Waals surface area contributed by atoms with Crippen molar-refractivity contribution in [1.82, 2.24) is 5.43 Å². The molecule has 3 N–H and O–H groups in total. The molecule has 0 aliphatic heterocycles. The number of hydrogen-bond acceptors (Lipinski definition) is 4. The fourth-order valence-electron chi connectivity index (χ4n) is 1.52. The first kappa shape index (κ1) is 15.5. The van der Waals surface area contributed by atoms with E-state index in [1.807, 2.05) is 0 Å². The van der Waals surface area contributed by atoms with Crippen molar-refractivity contribution in [2.24, 2.45) is 5.10 Å². The highest BCUT2D eigenvalue weighted by Crippen LogP contribution is 2.30.